The number of hydrogen-bond acceptors (Lipinski definition) is 6. The summed E-state index contributed by atoms with van der Waals surface area (Å²) >= 11 is 8.04. The molecule has 6 nitrogen and oxygen atoms in total. The Morgan fingerprint density at radius 1 is 0.846 bits per heavy atom. The lowest BCUT2D eigenvalue weighted by Crippen LogP contribution is -2.47. The molecule has 1 aliphatic rings. The minimum Gasteiger partial charge on any atom is -0.367 e. The Bertz CT molecular complexity index is 1420. The summed E-state index contributed by atoms with van der Waals surface area (Å²) in [6.07, 6.45) is 0. The third-order valence-electron chi connectivity index (χ3n) is 7.00. The summed E-state index contributed by atoms with van der Waals surface area (Å²) in [6.45, 7) is 8.19. The van der Waals surface area contributed by atoms with Crippen molar-refractivity contribution < 1.29 is 4.79 Å². The number of nitrogens with zero attached hydrogens (tertiary/aromatic N) is 4. The maximum Gasteiger partial charge on any atom is 0.251 e. The van der Waals surface area contributed by atoms with Crippen LogP contribution < -0.4 is 15.1 Å². The number of halogens is 1. The van der Waals surface area contributed by atoms with Gasteiger partial charge in [-0.25, -0.2) is 9.97 Å². The van der Waals surface area contributed by atoms with Crippen molar-refractivity contribution in [3.8, 4) is 0 Å². The van der Waals surface area contributed by atoms with Gasteiger partial charge >= 0.3 is 0 Å². The summed E-state index contributed by atoms with van der Waals surface area (Å²) in [4.78, 5) is 26.9. The van der Waals surface area contributed by atoms with Crippen molar-refractivity contribution in [1.29, 1.82) is 0 Å². The highest BCUT2D eigenvalue weighted by Crippen LogP contribution is 2.30. The first-order valence-electron chi connectivity index (χ1n) is 13.1. The van der Waals surface area contributed by atoms with Crippen LogP contribution in [0.5, 0.6) is 0 Å². The Morgan fingerprint density at radius 2 is 1.51 bits per heavy atom. The first-order chi connectivity index (χ1) is 19.0. The molecule has 3 aromatic carbocycles. The van der Waals surface area contributed by atoms with E-state index in [1.54, 1.807) is 11.8 Å². The Balaban J connectivity index is 1.18. The highest BCUT2D eigenvalue weighted by Gasteiger charge is 2.22. The van der Waals surface area contributed by atoms with E-state index in [2.05, 4.69) is 28.1 Å². The Morgan fingerprint density at radius 3 is 2.23 bits per heavy atom. The molecular weight excluding hydrogens is 526 g/mol. The molecule has 0 aliphatic carbocycles. The van der Waals surface area contributed by atoms with E-state index in [0.29, 0.717) is 12.1 Å². The monoisotopic (exact) mass is 557 g/mol. The lowest BCUT2D eigenvalue weighted by molar-refractivity contribution is 0.0951. The molecule has 1 fully saturated rings. The molecule has 200 valence electrons. The standard InChI is InChI=1S/C31H32ClN5OS/c1-22-23(2)34-31(35-29(22)37-18-16-36(17-19-37)28-11-7-6-10-27(28)32)39-21-25-12-14-26(15-13-25)30(38)33-20-24-8-4-3-5-9-24/h3-15H,16-21H2,1-2H3,(H,33,38). The van der Waals surface area contributed by atoms with Crippen molar-refractivity contribution in [2.75, 3.05) is 36.0 Å². The second-order valence-corrected chi connectivity index (χ2v) is 11.0. The summed E-state index contributed by atoms with van der Waals surface area (Å²) < 4.78 is 0. The fourth-order valence-electron chi connectivity index (χ4n) is 4.61. The van der Waals surface area contributed by atoms with Crippen LogP contribution in [0.4, 0.5) is 11.5 Å². The second-order valence-electron chi connectivity index (χ2n) is 9.62. The van der Waals surface area contributed by atoms with Crippen LogP contribution in [0.15, 0.2) is 84.0 Å². The fourth-order valence-corrected chi connectivity index (χ4v) is 5.70. The van der Waals surface area contributed by atoms with E-state index in [1.165, 1.54) is 0 Å². The van der Waals surface area contributed by atoms with Crippen LogP contribution in [0.3, 0.4) is 0 Å². The van der Waals surface area contributed by atoms with E-state index in [1.807, 2.05) is 79.7 Å². The number of anilines is 2. The Hall–Kier alpha value is -3.55. The van der Waals surface area contributed by atoms with E-state index >= 15 is 0 Å². The van der Waals surface area contributed by atoms with Crippen LogP contribution in [-0.2, 0) is 12.3 Å². The van der Waals surface area contributed by atoms with Gasteiger partial charge in [-0.05, 0) is 49.2 Å². The van der Waals surface area contributed by atoms with Crippen LogP contribution >= 0.6 is 23.4 Å². The zero-order valence-electron chi connectivity index (χ0n) is 22.2. The van der Waals surface area contributed by atoms with Crippen molar-refractivity contribution in [2.24, 2.45) is 0 Å². The van der Waals surface area contributed by atoms with Gasteiger partial charge < -0.3 is 15.1 Å². The SMILES string of the molecule is Cc1nc(SCc2ccc(C(=O)NCc3ccccc3)cc2)nc(N2CCN(c3ccccc3Cl)CC2)c1C. The van der Waals surface area contributed by atoms with Crippen LogP contribution in [-0.4, -0.2) is 42.1 Å². The largest absolute Gasteiger partial charge is 0.367 e. The average molecular weight is 558 g/mol. The predicted molar refractivity (Wildman–Crippen MR) is 161 cm³/mol. The number of hydrogen-bond donors (Lipinski definition) is 1. The smallest absolute Gasteiger partial charge is 0.251 e. The molecule has 39 heavy (non-hydrogen) atoms. The average Bonchev–Trinajstić information content (AvgIpc) is 2.97. The van der Waals surface area contributed by atoms with Gasteiger partial charge in [-0.3, -0.25) is 4.79 Å². The maximum atomic E-state index is 12.5. The molecule has 1 amide bonds. The van der Waals surface area contributed by atoms with Crippen LogP contribution in [0, 0.1) is 13.8 Å². The maximum absolute atomic E-state index is 12.5. The zero-order chi connectivity index (χ0) is 27.2. The van der Waals surface area contributed by atoms with E-state index in [0.717, 1.165) is 76.0 Å². The molecule has 0 spiro atoms. The number of carbonyl (C=O) groups is 1. The lowest BCUT2D eigenvalue weighted by atomic mass is 10.1. The number of benzene rings is 3. The zero-order valence-corrected chi connectivity index (χ0v) is 23.8. The number of thioether (sulfide) groups is 1. The highest BCUT2D eigenvalue weighted by molar-refractivity contribution is 7.98. The molecule has 1 saturated heterocycles. The molecular formula is C31H32ClN5OS. The molecule has 4 aromatic rings. The van der Waals surface area contributed by atoms with Crippen molar-refractivity contribution >= 4 is 40.8 Å². The third-order valence-corrected chi connectivity index (χ3v) is 8.23. The van der Waals surface area contributed by atoms with Crippen molar-refractivity contribution in [3.05, 3.63) is 112 Å². The van der Waals surface area contributed by atoms with Gasteiger partial charge in [0.25, 0.3) is 5.91 Å². The molecule has 0 bridgehead atoms. The van der Waals surface area contributed by atoms with Gasteiger partial charge in [0, 0.05) is 55.3 Å². The van der Waals surface area contributed by atoms with Crippen LogP contribution in [0.1, 0.15) is 32.7 Å². The van der Waals surface area contributed by atoms with Gasteiger partial charge in [0.15, 0.2) is 5.16 Å². The number of carbonyl (C=O) groups excluding carboxylic acids is 1. The van der Waals surface area contributed by atoms with E-state index in [4.69, 9.17) is 21.6 Å². The first kappa shape index (κ1) is 27.0. The topological polar surface area (TPSA) is 61.4 Å². The number of piperazine rings is 1. The number of para-hydroxylation sites is 1. The number of aromatic nitrogens is 2. The van der Waals surface area contributed by atoms with Crippen LogP contribution in [0.2, 0.25) is 5.02 Å². The fraction of sp³-hybridized carbons (Fsp3) is 0.258. The molecule has 1 aliphatic heterocycles. The molecule has 5 rings (SSSR count). The first-order valence-corrected chi connectivity index (χ1v) is 14.5. The molecule has 0 radical (unpaired) electrons. The van der Waals surface area contributed by atoms with Gasteiger partial charge in [-0.15, -0.1) is 0 Å². The highest BCUT2D eigenvalue weighted by atomic mass is 35.5. The summed E-state index contributed by atoms with van der Waals surface area (Å²) in [7, 11) is 0. The quantitative estimate of drug-likeness (QED) is 0.203. The van der Waals surface area contributed by atoms with Crippen LogP contribution in [0.25, 0.3) is 0 Å². The van der Waals surface area contributed by atoms with Crippen molar-refractivity contribution in [2.45, 2.75) is 31.3 Å². The van der Waals surface area contributed by atoms with Crippen molar-refractivity contribution in [1.82, 2.24) is 15.3 Å². The molecule has 0 unspecified atom stereocenters. The Labute approximate surface area is 239 Å². The third kappa shape index (κ3) is 6.72. The molecule has 0 saturated carbocycles. The number of aryl methyl sites for hydroxylation is 1. The number of rotatable bonds is 8. The number of amides is 1. The Kier molecular flexibility index (Phi) is 8.69. The summed E-state index contributed by atoms with van der Waals surface area (Å²) in [5, 5.41) is 4.54. The normalized spacial score (nSPS) is 13.4. The van der Waals surface area contributed by atoms with Gasteiger partial charge in [-0.2, -0.15) is 0 Å². The van der Waals surface area contributed by atoms with E-state index in [9.17, 15) is 4.79 Å². The van der Waals surface area contributed by atoms with E-state index < -0.39 is 0 Å². The molecule has 1 aromatic heterocycles. The van der Waals surface area contributed by atoms with Crippen molar-refractivity contribution in [3.63, 3.8) is 0 Å². The summed E-state index contributed by atoms with van der Waals surface area (Å²) in [5.41, 5.74) is 6.06. The molecule has 0 atom stereocenters. The van der Waals surface area contributed by atoms with Gasteiger partial charge in [0.1, 0.15) is 5.82 Å². The lowest BCUT2D eigenvalue weighted by Gasteiger charge is -2.37. The summed E-state index contributed by atoms with van der Waals surface area (Å²) in [6, 6.07) is 25.7. The van der Waals surface area contributed by atoms with E-state index in [-0.39, 0.29) is 5.91 Å². The van der Waals surface area contributed by atoms with Gasteiger partial charge in [0.2, 0.25) is 0 Å². The molecule has 1 N–H and O–H groups in total. The predicted octanol–water partition coefficient (Wildman–Crippen LogP) is 6.30. The minimum atomic E-state index is -0.0742. The minimum absolute atomic E-state index is 0.0742. The molecule has 8 heteroatoms. The van der Waals surface area contributed by atoms with Gasteiger partial charge in [0.05, 0.1) is 10.7 Å². The molecule has 2 heterocycles. The van der Waals surface area contributed by atoms with Gasteiger partial charge in [-0.1, -0.05) is 78.0 Å². The summed E-state index contributed by atoms with van der Waals surface area (Å²) in [5.74, 6) is 1.66. The number of nitrogens with one attached hydrogen (secondary N) is 1. The second kappa shape index (κ2) is 12.5.